The monoisotopic (exact) mass is 302 g/mol. The second-order valence-electron chi connectivity index (χ2n) is 8.06. The minimum absolute atomic E-state index is 0.143. The van der Waals surface area contributed by atoms with Gasteiger partial charge in [-0.2, -0.15) is 10.2 Å². The standard InChI is InChI=1S/C16H18N2O4/c1-21-13(19)15-9-5-3-7(5)11(9)16(18-17-15,14(20)22-2)12-8-4-6(8)10(12)15/h5-12H,3-4H2,1-2H3. The largest absolute Gasteiger partial charge is 0.467 e. The van der Waals surface area contributed by atoms with Crippen molar-refractivity contribution in [1.82, 2.24) is 0 Å². The van der Waals surface area contributed by atoms with Crippen molar-refractivity contribution in [2.75, 3.05) is 14.2 Å². The summed E-state index contributed by atoms with van der Waals surface area (Å²) in [6.07, 6.45) is 2.21. The number of hydrogen-bond donors (Lipinski definition) is 0. The van der Waals surface area contributed by atoms with Crippen molar-refractivity contribution in [2.24, 2.45) is 57.6 Å². The molecule has 0 saturated heterocycles. The molecule has 0 radical (unpaired) electrons. The summed E-state index contributed by atoms with van der Waals surface area (Å²) in [6.45, 7) is 0. The highest BCUT2D eigenvalue weighted by Gasteiger charge is 2.92. The Labute approximate surface area is 127 Å². The van der Waals surface area contributed by atoms with Crippen LogP contribution in [0.15, 0.2) is 10.2 Å². The summed E-state index contributed by atoms with van der Waals surface area (Å²) >= 11 is 0. The van der Waals surface area contributed by atoms with Crippen molar-refractivity contribution in [1.29, 1.82) is 0 Å². The van der Waals surface area contributed by atoms with E-state index in [4.69, 9.17) is 9.47 Å². The van der Waals surface area contributed by atoms with E-state index in [0.717, 1.165) is 12.8 Å². The number of carbonyl (C=O) groups is 2. The number of methoxy groups -OCH3 is 2. The van der Waals surface area contributed by atoms with Crippen LogP contribution in [0, 0.1) is 47.3 Å². The van der Waals surface area contributed by atoms with E-state index in [1.807, 2.05) is 0 Å². The van der Waals surface area contributed by atoms with Crippen LogP contribution >= 0.6 is 0 Å². The molecule has 2 aliphatic heterocycles. The van der Waals surface area contributed by atoms with Gasteiger partial charge in [-0.05, 0) is 36.5 Å². The molecule has 5 aliphatic carbocycles. The lowest BCUT2D eigenvalue weighted by atomic mass is 9.38. The molecule has 0 aromatic rings. The number of rotatable bonds is 2. The van der Waals surface area contributed by atoms with Gasteiger partial charge in [-0.15, -0.1) is 0 Å². The number of ether oxygens (including phenoxy) is 2. The van der Waals surface area contributed by atoms with Gasteiger partial charge in [0, 0.05) is 23.7 Å². The average molecular weight is 302 g/mol. The van der Waals surface area contributed by atoms with Gasteiger partial charge in [0.15, 0.2) is 11.1 Å². The van der Waals surface area contributed by atoms with Crippen LogP contribution in [0.4, 0.5) is 0 Å². The zero-order valence-corrected chi connectivity index (χ0v) is 12.6. The minimum atomic E-state index is -0.796. The van der Waals surface area contributed by atoms with Gasteiger partial charge in [0.25, 0.3) is 0 Å². The van der Waals surface area contributed by atoms with Gasteiger partial charge in [0.2, 0.25) is 0 Å². The number of fused-ring (bicyclic) bond motifs is 2. The van der Waals surface area contributed by atoms with Gasteiger partial charge in [0.05, 0.1) is 14.2 Å². The second-order valence-corrected chi connectivity index (χ2v) is 8.06. The molecule has 0 N–H and O–H groups in total. The molecular weight excluding hydrogens is 284 g/mol. The molecule has 7 rings (SSSR count). The highest BCUT2D eigenvalue weighted by atomic mass is 16.5. The van der Waals surface area contributed by atoms with Crippen molar-refractivity contribution >= 4 is 11.9 Å². The maximum absolute atomic E-state index is 12.7. The maximum Gasteiger partial charge on any atom is 0.336 e. The Balaban J connectivity index is 1.60. The molecule has 0 amide bonds. The Hall–Kier alpha value is -1.46. The lowest BCUT2D eigenvalue weighted by Crippen LogP contribution is -2.79. The summed E-state index contributed by atoms with van der Waals surface area (Å²) in [5.74, 6) is 2.25. The summed E-state index contributed by atoms with van der Waals surface area (Å²) in [6, 6.07) is 0. The van der Waals surface area contributed by atoms with Crippen LogP contribution in [0.3, 0.4) is 0 Å². The lowest BCUT2D eigenvalue weighted by Gasteiger charge is -2.67. The molecule has 0 aromatic carbocycles. The quantitative estimate of drug-likeness (QED) is 0.714. The lowest BCUT2D eigenvalue weighted by molar-refractivity contribution is -0.218. The van der Waals surface area contributed by atoms with Crippen molar-refractivity contribution in [3.8, 4) is 0 Å². The van der Waals surface area contributed by atoms with Crippen molar-refractivity contribution in [3.63, 3.8) is 0 Å². The highest BCUT2D eigenvalue weighted by Crippen LogP contribution is 2.85. The van der Waals surface area contributed by atoms with Gasteiger partial charge in [-0.1, -0.05) is 0 Å². The van der Waals surface area contributed by atoms with E-state index < -0.39 is 11.1 Å². The third-order valence-corrected chi connectivity index (χ3v) is 7.84. The van der Waals surface area contributed by atoms with Crippen LogP contribution in [-0.2, 0) is 19.1 Å². The van der Waals surface area contributed by atoms with Crippen LogP contribution in [0.2, 0.25) is 0 Å². The molecule has 8 unspecified atom stereocenters. The highest BCUT2D eigenvalue weighted by molar-refractivity contribution is 5.90. The van der Waals surface area contributed by atoms with Crippen molar-refractivity contribution in [3.05, 3.63) is 0 Å². The third kappa shape index (κ3) is 0.858. The number of nitrogens with zero attached hydrogens (tertiary/aromatic N) is 2. The predicted octanol–water partition coefficient (Wildman–Crippen LogP) is 1.05. The van der Waals surface area contributed by atoms with Gasteiger partial charge < -0.3 is 9.47 Å². The van der Waals surface area contributed by atoms with E-state index in [-0.39, 0.29) is 35.6 Å². The van der Waals surface area contributed by atoms with E-state index in [1.165, 1.54) is 14.2 Å². The molecule has 116 valence electrons. The molecular formula is C16H18N2O4. The summed E-state index contributed by atoms with van der Waals surface area (Å²) < 4.78 is 10.3. The van der Waals surface area contributed by atoms with Crippen molar-refractivity contribution in [2.45, 2.75) is 23.9 Å². The van der Waals surface area contributed by atoms with E-state index in [2.05, 4.69) is 10.2 Å². The van der Waals surface area contributed by atoms with Crippen LogP contribution in [0.1, 0.15) is 12.8 Å². The first kappa shape index (κ1) is 12.0. The second kappa shape index (κ2) is 3.10. The molecule has 5 saturated carbocycles. The summed E-state index contributed by atoms with van der Waals surface area (Å²) in [7, 11) is 2.89. The topological polar surface area (TPSA) is 77.3 Å². The molecule has 6 heteroatoms. The Morgan fingerprint density at radius 1 is 0.773 bits per heavy atom. The third-order valence-electron chi connectivity index (χ3n) is 7.84. The number of esters is 2. The Kier molecular flexibility index (Phi) is 1.69. The van der Waals surface area contributed by atoms with Gasteiger partial charge in [0.1, 0.15) is 0 Å². The van der Waals surface area contributed by atoms with Crippen molar-refractivity contribution < 1.29 is 19.1 Å². The fraction of sp³-hybridized carbons (Fsp3) is 0.875. The van der Waals surface area contributed by atoms with Gasteiger partial charge >= 0.3 is 11.9 Å². The fourth-order valence-corrected chi connectivity index (χ4v) is 7.13. The maximum atomic E-state index is 12.7. The molecule has 8 atom stereocenters. The zero-order chi connectivity index (χ0) is 15.0. The smallest absolute Gasteiger partial charge is 0.336 e. The van der Waals surface area contributed by atoms with Crippen LogP contribution in [0.25, 0.3) is 0 Å². The fourth-order valence-electron chi connectivity index (χ4n) is 7.13. The SMILES string of the molecule is COC(=O)C12N=NC(C(=O)OC)(C3C4CC4C31)C1C3CC3C12. The molecule has 5 fully saturated rings. The normalized spacial score (nSPS) is 63.2. The number of hydrogen-bond acceptors (Lipinski definition) is 6. The van der Waals surface area contributed by atoms with Crippen LogP contribution in [-0.4, -0.2) is 37.2 Å². The predicted molar refractivity (Wildman–Crippen MR) is 71.5 cm³/mol. The Morgan fingerprint density at radius 3 is 1.36 bits per heavy atom. The Bertz CT molecular complexity index is 589. The molecule has 7 aliphatic rings. The molecule has 0 spiro atoms. The van der Waals surface area contributed by atoms with E-state index in [9.17, 15) is 9.59 Å². The molecule has 22 heavy (non-hydrogen) atoms. The van der Waals surface area contributed by atoms with Crippen LogP contribution in [0.5, 0.6) is 0 Å². The van der Waals surface area contributed by atoms with Gasteiger partial charge in [-0.3, -0.25) is 0 Å². The summed E-state index contributed by atoms with van der Waals surface area (Å²) in [4.78, 5) is 25.4. The summed E-state index contributed by atoms with van der Waals surface area (Å²) in [5, 5.41) is 9.02. The van der Waals surface area contributed by atoms with E-state index >= 15 is 0 Å². The first-order valence-corrected chi connectivity index (χ1v) is 8.23. The summed E-state index contributed by atoms with van der Waals surface area (Å²) in [5.41, 5.74) is -1.59. The van der Waals surface area contributed by atoms with E-state index in [0.29, 0.717) is 23.7 Å². The first-order valence-electron chi connectivity index (χ1n) is 8.23. The van der Waals surface area contributed by atoms with Crippen LogP contribution < -0.4 is 0 Å². The Morgan fingerprint density at radius 2 is 1.09 bits per heavy atom. The molecule has 6 nitrogen and oxygen atoms in total. The minimum Gasteiger partial charge on any atom is -0.467 e. The van der Waals surface area contributed by atoms with E-state index in [1.54, 1.807) is 0 Å². The number of azo groups is 1. The number of carbonyl (C=O) groups excluding carboxylic acids is 2. The van der Waals surface area contributed by atoms with Gasteiger partial charge in [-0.25, -0.2) is 9.59 Å². The first-order chi connectivity index (χ1) is 10.6. The molecule has 2 heterocycles. The molecule has 2 bridgehead atoms. The average Bonchev–Trinajstić information content (AvgIpc) is 3.40. The molecule has 0 aromatic heterocycles. The zero-order valence-electron chi connectivity index (χ0n) is 12.6.